The molecule has 0 aliphatic carbocycles. The van der Waals surface area contributed by atoms with Crippen molar-refractivity contribution in [3.05, 3.63) is 53.1 Å². The van der Waals surface area contributed by atoms with E-state index in [1.807, 2.05) is 24.3 Å². The van der Waals surface area contributed by atoms with Crippen molar-refractivity contribution in [2.24, 2.45) is 0 Å². The number of carbonyl (C=O) groups excluding carboxylic acids is 1. The van der Waals surface area contributed by atoms with E-state index in [-0.39, 0.29) is 18.9 Å². The second kappa shape index (κ2) is 7.65. The summed E-state index contributed by atoms with van der Waals surface area (Å²) in [4.78, 5) is 30.9. The van der Waals surface area contributed by atoms with Crippen LogP contribution in [0.4, 0.5) is 11.5 Å². The maximum absolute atomic E-state index is 12.2. The second-order valence-electron chi connectivity index (χ2n) is 6.74. The van der Waals surface area contributed by atoms with Gasteiger partial charge in [0.25, 0.3) is 0 Å². The summed E-state index contributed by atoms with van der Waals surface area (Å²) in [6.07, 6.45) is 5.53. The quantitative estimate of drug-likeness (QED) is 0.751. The number of nitrogens with zero attached hydrogens (tertiary/aromatic N) is 3. The van der Waals surface area contributed by atoms with Gasteiger partial charge in [-0.2, -0.15) is 0 Å². The summed E-state index contributed by atoms with van der Waals surface area (Å²) < 4.78 is 6.66. The third kappa shape index (κ3) is 3.86. The van der Waals surface area contributed by atoms with Crippen LogP contribution in [0.2, 0.25) is 0 Å². The highest BCUT2D eigenvalue weighted by Crippen LogP contribution is 2.19. The van der Waals surface area contributed by atoms with Crippen molar-refractivity contribution < 1.29 is 9.21 Å². The van der Waals surface area contributed by atoms with Gasteiger partial charge in [-0.3, -0.25) is 9.36 Å². The van der Waals surface area contributed by atoms with E-state index in [1.165, 1.54) is 23.8 Å². The lowest BCUT2D eigenvalue weighted by Crippen LogP contribution is -2.30. The third-order valence-corrected chi connectivity index (χ3v) is 4.85. The standard InChI is InChI=1S/C20H22N4O3/c25-19(10-13-24-16-6-2-3-7-17(16)27-20(24)26)22-15-8-9-18(21-14-15)23-11-4-1-5-12-23/h2-3,6-9,14H,1,4-5,10-13H2,(H,22,25). The average Bonchev–Trinajstić information content (AvgIpc) is 3.03. The van der Waals surface area contributed by atoms with Gasteiger partial charge in [0.2, 0.25) is 5.91 Å². The van der Waals surface area contributed by atoms with Gasteiger partial charge >= 0.3 is 5.76 Å². The number of anilines is 2. The zero-order valence-corrected chi connectivity index (χ0v) is 15.1. The molecule has 1 amide bonds. The van der Waals surface area contributed by atoms with E-state index in [0.717, 1.165) is 18.9 Å². The van der Waals surface area contributed by atoms with Crippen molar-refractivity contribution in [1.29, 1.82) is 0 Å². The van der Waals surface area contributed by atoms with Crippen LogP contribution in [-0.4, -0.2) is 28.5 Å². The lowest BCUT2D eigenvalue weighted by molar-refractivity contribution is -0.116. The van der Waals surface area contributed by atoms with Crippen molar-refractivity contribution >= 4 is 28.5 Å². The molecule has 0 radical (unpaired) electrons. The summed E-state index contributed by atoms with van der Waals surface area (Å²) in [7, 11) is 0. The average molecular weight is 366 g/mol. The molecule has 7 nitrogen and oxygen atoms in total. The highest BCUT2D eigenvalue weighted by atomic mass is 16.4. The second-order valence-corrected chi connectivity index (χ2v) is 6.74. The number of pyridine rings is 1. The number of rotatable bonds is 5. The molecule has 1 aliphatic rings. The van der Waals surface area contributed by atoms with Gasteiger partial charge in [0.05, 0.1) is 17.4 Å². The molecule has 1 saturated heterocycles. The van der Waals surface area contributed by atoms with E-state index < -0.39 is 5.76 Å². The zero-order valence-electron chi connectivity index (χ0n) is 15.1. The summed E-state index contributed by atoms with van der Waals surface area (Å²) in [5, 5.41) is 2.84. The number of carbonyl (C=O) groups is 1. The Kier molecular flexibility index (Phi) is 4.91. The van der Waals surface area contributed by atoms with Crippen LogP contribution >= 0.6 is 0 Å². The van der Waals surface area contributed by atoms with Gasteiger partial charge in [0, 0.05) is 26.1 Å². The predicted molar refractivity (Wildman–Crippen MR) is 104 cm³/mol. The van der Waals surface area contributed by atoms with Crippen LogP contribution in [0.3, 0.4) is 0 Å². The first-order chi connectivity index (χ1) is 13.2. The molecule has 3 heterocycles. The molecular formula is C20H22N4O3. The Labute approximate surface area is 156 Å². The van der Waals surface area contributed by atoms with Crippen LogP contribution < -0.4 is 16.0 Å². The van der Waals surface area contributed by atoms with E-state index in [0.29, 0.717) is 16.8 Å². The molecule has 1 aromatic carbocycles. The van der Waals surface area contributed by atoms with Crippen LogP contribution in [0, 0.1) is 0 Å². The SMILES string of the molecule is O=C(CCn1c(=O)oc2ccccc21)Nc1ccc(N2CCCCC2)nc1. The van der Waals surface area contributed by atoms with Crippen molar-refractivity contribution in [2.75, 3.05) is 23.3 Å². The van der Waals surface area contributed by atoms with Gasteiger partial charge < -0.3 is 14.6 Å². The third-order valence-electron chi connectivity index (χ3n) is 4.85. The molecule has 7 heteroatoms. The lowest BCUT2D eigenvalue weighted by Gasteiger charge is -2.27. The van der Waals surface area contributed by atoms with Crippen LogP contribution in [0.5, 0.6) is 0 Å². The number of piperidine rings is 1. The van der Waals surface area contributed by atoms with E-state index in [4.69, 9.17) is 4.42 Å². The fraction of sp³-hybridized carbons (Fsp3) is 0.350. The number of aromatic nitrogens is 2. The minimum atomic E-state index is -0.448. The van der Waals surface area contributed by atoms with E-state index in [1.54, 1.807) is 18.3 Å². The monoisotopic (exact) mass is 366 g/mol. The minimum absolute atomic E-state index is 0.167. The van der Waals surface area contributed by atoms with Gasteiger partial charge in [0.1, 0.15) is 5.82 Å². The summed E-state index contributed by atoms with van der Waals surface area (Å²) in [6, 6.07) is 11.0. The summed E-state index contributed by atoms with van der Waals surface area (Å²) in [6.45, 7) is 2.33. The van der Waals surface area contributed by atoms with Crippen molar-refractivity contribution in [3.63, 3.8) is 0 Å². The Morgan fingerprint density at radius 1 is 1.11 bits per heavy atom. The van der Waals surface area contributed by atoms with E-state index in [2.05, 4.69) is 15.2 Å². The Morgan fingerprint density at radius 2 is 1.93 bits per heavy atom. The normalized spacial score (nSPS) is 14.4. The van der Waals surface area contributed by atoms with Gasteiger partial charge in [-0.05, 0) is 43.5 Å². The Morgan fingerprint density at radius 3 is 2.70 bits per heavy atom. The molecule has 1 fully saturated rings. The maximum atomic E-state index is 12.2. The van der Waals surface area contributed by atoms with Gasteiger partial charge in [-0.25, -0.2) is 9.78 Å². The summed E-state index contributed by atoms with van der Waals surface area (Å²) in [5.41, 5.74) is 1.88. The first-order valence-corrected chi connectivity index (χ1v) is 9.30. The Bertz CT molecular complexity index is 984. The summed E-state index contributed by atoms with van der Waals surface area (Å²) in [5.74, 6) is 0.334. The molecule has 2 aromatic heterocycles. The highest BCUT2D eigenvalue weighted by Gasteiger charge is 2.13. The fourth-order valence-corrected chi connectivity index (χ4v) is 3.43. The molecular weight excluding hydrogens is 344 g/mol. The molecule has 4 rings (SSSR count). The van der Waals surface area contributed by atoms with Crippen LogP contribution in [0.15, 0.2) is 51.8 Å². The lowest BCUT2D eigenvalue weighted by atomic mass is 10.1. The number of benzene rings is 1. The maximum Gasteiger partial charge on any atom is 0.419 e. The number of para-hydroxylation sites is 2. The van der Waals surface area contributed by atoms with Gasteiger partial charge in [0.15, 0.2) is 5.58 Å². The van der Waals surface area contributed by atoms with Crippen LogP contribution in [-0.2, 0) is 11.3 Å². The number of hydrogen-bond acceptors (Lipinski definition) is 5. The number of hydrogen-bond donors (Lipinski definition) is 1. The van der Waals surface area contributed by atoms with Gasteiger partial charge in [-0.1, -0.05) is 12.1 Å². The number of amides is 1. The largest absolute Gasteiger partial charge is 0.419 e. The van der Waals surface area contributed by atoms with Gasteiger partial charge in [-0.15, -0.1) is 0 Å². The smallest absolute Gasteiger partial charge is 0.408 e. The predicted octanol–water partition coefficient (Wildman–Crippen LogP) is 3.01. The molecule has 1 N–H and O–H groups in total. The first-order valence-electron chi connectivity index (χ1n) is 9.30. The number of nitrogens with one attached hydrogen (secondary N) is 1. The molecule has 0 spiro atoms. The molecule has 0 bridgehead atoms. The summed E-state index contributed by atoms with van der Waals surface area (Å²) >= 11 is 0. The fourth-order valence-electron chi connectivity index (χ4n) is 3.43. The first kappa shape index (κ1) is 17.3. The molecule has 0 atom stereocenters. The van der Waals surface area contributed by atoms with Crippen molar-refractivity contribution in [2.45, 2.75) is 32.2 Å². The number of oxazole rings is 1. The van der Waals surface area contributed by atoms with E-state index in [9.17, 15) is 9.59 Å². The molecule has 140 valence electrons. The topological polar surface area (TPSA) is 80.4 Å². The number of aryl methyl sites for hydroxylation is 1. The minimum Gasteiger partial charge on any atom is -0.408 e. The van der Waals surface area contributed by atoms with Crippen molar-refractivity contribution in [3.8, 4) is 0 Å². The number of fused-ring (bicyclic) bond motifs is 1. The molecule has 1 aliphatic heterocycles. The van der Waals surface area contributed by atoms with Crippen LogP contribution in [0.25, 0.3) is 11.1 Å². The molecule has 0 unspecified atom stereocenters. The molecule has 27 heavy (non-hydrogen) atoms. The highest BCUT2D eigenvalue weighted by molar-refractivity contribution is 5.90. The Hall–Kier alpha value is -3.09. The van der Waals surface area contributed by atoms with Crippen LogP contribution in [0.1, 0.15) is 25.7 Å². The zero-order chi connectivity index (χ0) is 18.6. The molecule has 0 saturated carbocycles. The Balaban J connectivity index is 1.36. The van der Waals surface area contributed by atoms with E-state index >= 15 is 0 Å². The molecule has 3 aromatic rings. The van der Waals surface area contributed by atoms with Crippen molar-refractivity contribution in [1.82, 2.24) is 9.55 Å².